The average molecular weight is 461 g/mol. The lowest BCUT2D eigenvalue weighted by Crippen LogP contribution is -2.30. The molecule has 0 aromatic heterocycles. The zero-order chi connectivity index (χ0) is 21.8. The molecule has 156 valence electrons. The fraction of sp³-hybridized carbons (Fsp3) is 0.300. The first-order chi connectivity index (χ1) is 13.6. The van der Waals surface area contributed by atoms with Crippen molar-refractivity contribution < 1.29 is 24.3 Å². The SMILES string of the molecule is CC1(C)CON(Cc2ccccc2Cl)C1=O.COc1c(Cl)ccc(Cl)c1C(=O)O. The van der Waals surface area contributed by atoms with Crippen molar-refractivity contribution in [3.8, 4) is 5.75 Å². The van der Waals surface area contributed by atoms with Crippen LogP contribution in [-0.4, -0.2) is 35.8 Å². The molecule has 0 saturated carbocycles. The van der Waals surface area contributed by atoms with Crippen LogP contribution in [-0.2, 0) is 16.2 Å². The zero-order valence-electron chi connectivity index (χ0n) is 16.0. The van der Waals surface area contributed by atoms with E-state index in [4.69, 9.17) is 49.5 Å². The van der Waals surface area contributed by atoms with E-state index in [1.54, 1.807) is 0 Å². The molecule has 0 aliphatic carbocycles. The maximum Gasteiger partial charge on any atom is 0.341 e. The van der Waals surface area contributed by atoms with E-state index in [1.807, 2.05) is 38.1 Å². The summed E-state index contributed by atoms with van der Waals surface area (Å²) >= 11 is 17.4. The fourth-order valence-corrected chi connectivity index (χ4v) is 3.19. The van der Waals surface area contributed by atoms with Crippen LogP contribution in [0.2, 0.25) is 15.1 Å². The minimum Gasteiger partial charge on any atom is -0.494 e. The van der Waals surface area contributed by atoms with Gasteiger partial charge in [0.05, 0.1) is 35.7 Å². The smallest absolute Gasteiger partial charge is 0.341 e. The Kier molecular flexibility index (Phi) is 7.77. The predicted octanol–water partition coefficient (Wildman–Crippen LogP) is 5.34. The van der Waals surface area contributed by atoms with Crippen molar-refractivity contribution in [1.29, 1.82) is 0 Å². The van der Waals surface area contributed by atoms with E-state index < -0.39 is 11.4 Å². The molecule has 1 N–H and O–H groups in total. The standard InChI is InChI=1S/C12H14ClNO2.C8H6Cl2O3/c1-12(2)8-16-14(11(12)15)7-9-5-3-4-6-10(9)13;1-13-7-5(10)3-2-4(9)6(7)8(11)12/h3-6H,7-8H2,1-2H3;2-3H,1H3,(H,11,12). The summed E-state index contributed by atoms with van der Waals surface area (Å²) < 4.78 is 4.82. The number of benzene rings is 2. The molecule has 9 heteroatoms. The Morgan fingerprint density at radius 1 is 1.14 bits per heavy atom. The zero-order valence-corrected chi connectivity index (χ0v) is 18.3. The maximum absolute atomic E-state index is 11.9. The largest absolute Gasteiger partial charge is 0.494 e. The average Bonchev–Trinajstić information content (AvgIpc) is 2.92. The predicted molar refractivity (Wildman–Crippen MR) is 112 cm³/mol. The quantitative estimate of drug-likeness (QED) is 0.666. The first-order valence-electron chi connectivity index (χ1n) is 8.52. The van der Waals surface area contributed by atoms with E-state index >= 15 is 0 Å². The second-order valence-corrected chi connectivity index (χ2v) is 8.05. The highest BCUT2D eigenvalue weighted by Crippen LogP contribution is 2.33. The van der Waals surface area contributed by atoms with Gasteiger partial charge in [0.15, 0.2) is 5.75 Å². The molecule has 0 radical (unpaired) electrons. The molecular weight excluding hydrogens is 441 g/mol. The number of ether oxygens (including phenoxy) is 1. The number of amides is 1. The number of halogens is 3. The van der Waals surface area contributed by atoms with Gasteiger partial charge in [-0.25, -0.2) is 9.86 Å². The van der Waals surface area contributed by atoms with Gasteiger partial charge < -0.3 is 9.84 Å². The number of hydrogen-bond acceptors (Lipinski definition) is 4. The molecule has 1 heterocycles. The van der Waals surface area contributed by atoms with Gasteiger partial charge in [0, 0.05) is 5.02 Å². The van der Waals surface area contributed by atoms with Crippen LogP contribution in [0, 0.1) is 5.41 Å². The third kappa shape index (κ3) is 5.54. The van der Waals surface area contributed by atoms with Crippen LogP contribution < -0.4 is 4.74 Å². The van der Waals surface area contributed by atoms with E-state index in [-0.39, 0.29) is 27.3 Å². The minimum absolute atomic E-state index is 0.00687. The molecule has 1 aliphatic rings. The van der Waals surface area contributed by atoms with Gasteiger partial charge >= 0.3 is 5.97 Å². The molecule has 6 nitrogen and oxygen atoms in total. The maximum atomic E-state index is 11.9. The molecule has 1 amide bonds. The first kappa shape index (κ1) is 23.3. The third-order valence-corrected chi connectivity index (χ3v) is 5.12. The Morgan fingerprint density at radius 2 is 1.76 bits per heavy atom. The van der Waals surface area contributed by atoms with Gasteiger partial charge in [-0.2, -0.15) is 0 Å². The summed E-state index contributed by atoms with van der Waals surface area (Å²) in [5.74, 6) is -1.07. The van der Waals surface area contributed by atoms with Crippen LogP contribution in [0.1, 0.15) is 29.8 Å². The Balaban J connectivity index is 0.000000212. The summed E-state index contributed by atoms with van der Waals surface area (Å²) in [5, 5.41) is 11.2. The molecular formula is C20H20Cl3NO5. The normalized spacial score (nSPS) is 15.0. The van der Waals surface area contributed by atoms with Crippen molar-refractivity contribution in [2.24, 2.45) is 5.41 Å². The fourth-order valence-electron chi connectivity index (χ4n) is 2.53. The van der Waals surface area contributed by atoms with E-state index in [0.29, 0.717) is 18.2 Å². The lowest BCUT2D eigenvalue weighted by molar-refractivity contribution is -0.165. The number of carboxylic acid groups (broad SMARTS) is 1. The highest BCUT2D eigenvalue weighted by atomic mass is 35.5. The molecule has 0 spiro atoms. The van der Waals surface area contributed by atoms with Crippen LogP contribution >= 0.6 is 34.8 Å². The van der Waals surface area contributed by atoms with Gasteiger partial charge in [0.25, 0.3) is 5.91 Å². The highest BCUT2D eigenvalue weighted by molar-refractivity contribution is 6.37. The third-order valence-electron chi connectivity index (χ3n) is 4.14. The summed E-state index contributed by atoms with van der Waals surface area (Å²) in [4.78, 5) is 28.0. The summed E-state index contributed by atoms with van der Waals surface area (Å²) in [6, 6.07) is 10.4. The number of hydroxylamine groups is 2. The van der Waals surface area contributed by atoms with Crippen molar-refractivity contribution in [1.82, 2.24) is 5.06 Å². The van der Waals surface area contributed by atoms with Gasteiger partial charge in [0.2, 0.25) is 0 Å². The van der Waals surface area contributed by atoms with E-state index in [0.717, 1.165) is 5.56 Å². The van der Waals surface area contributed by atoms with E-state index in [1.165, 1.54) is 24.3 Å². The molecule has 0 unspecified atom stereocenters. The molecule has 0 atom stereocenters. The lowest BCUT2D eigenvalue weighted by Gasteiger charge is -2.16. The van der Waals surface area contributed by atoms with Gasteiger partial charge in [0.1, 0.15) is 5.56 Å². The van der Waals surface area contributed by atoms with Gasteiger partial charge in [-0.1, -0.05) is 53.0 Å². The summed E-state index contributed by atoms with van der Waals surface area (Å²) in [5.41, 5.74) is 0.355. The number of carbonyl (C=O) groups excluding carboxylic acids is 1. The van der Waals surface area contributed by atoms with Crippen LogP contribution in [0.3, 0.4) is 0 Å². The van der Waals surface area contributed by atoms with Crippen molar-refractivity contribution in [3.05, 3.63) is 62.6 Å². The van der Waals surface area contributed by atoms with Crippen LogP contribution in [0.4, 0.5) is 0 Å². The molecule has 2 aromatic rings. The summed E-state index contributed by atoms with van der Waals surface area (Å²) in [7, 11) is 1.34. The van der Waals surface area contributed by atoms with Crippen LogP contribution in [0.15, 0.2) is 36.4 Å². The Morgan fingerprint density at radius 3 is 2.24 bits per heavy atom. The Labute approximate surface area is 183 Å². The number of nitrogens with zero attached hydrogens (tertiary/aromatic N) is 1. The first-order valence-corrected chi connectivity index (χ1v) is 9.65. The summed E-state index contributed by atoms with van der Waals surface area (Å²) in [6.07, 6.45) is 0. The Hall–Kier alpha value is -1.99. The highest BCUT2D eigenvalue weighted by Gasteiger charge is 2.40. The van der Waals surface area contributed by atoms with Crippen molar-refractivity contribution in [2.45, 2.75) is 20.4 Å². The van der Waals surface area contributed by atoms with E-state index in [9.17, 15) is 9.59 Å². The number of aromatic carboxylic acids is 1. The molecule has 1 saturated heterocycles. The molecule has 0 bridgehead atoms. The minimum atomic E-state index is -1.16. The molecule has 1 fully saturated rings. The van der Waals surface area contributed by atoms with Gasteiger partial charge in [-0.3, -0.25) is 9.63 Å². The van der Waals surface area contributed by atoms with Crippen molar-refractivity contribution in [2.75, 3.05) is 13.7 Å². The molecule has 29 heavy (non-hydrogen) atoms. The molecule has 1 aliphatic heterocycles. The van der Waals surface area contributed by atoms with Crippen molar-refractivity contribution >= 4 is 46.7 Å². The van der Waals surface area contributed by atoms with Gasteiger partial charge in [-0.05, 0) is 37.6 Å². The lowest BCUT2D eigenvalue weighted by atomic mass is 9.95. The van der Waals surface area contributed by atoms with Crippen LogP contribution in [0.5, 0.6) is 5.75 Å². The number of carboxylic acids is 1. The second kappa shape index (κ2) is 9.67. The van der Waals surface area contributed by atoms with Gasteiger partial charge in [-0.15, -0.1) is 0 Å². The van der Waals surface area contributed by atoms with E-state index in [2.05, 4.69) is 0 Å². The number of hydrogen-bond donors (Lipinski definition) is 1. The molecule has 3 rings (SSSR count). The number of methoxy groups -OCH3 is 1. The Bertz CT molecular complexity index is 917. The summed E-state index contributed by atoms with van der Waals surface area (Å²) in [6.45, 7) is 4.59. The monoisotopic (exact) mass is 459 g/mol. The molecule has 2 aromatic carbocycles. The van der Waals surface area contributed by atoms with Crippen LogP contribution in [0.25, 0.3) is 0 Å². The van der Waals surface area contributed by atoms with Crippen molar-refractivity contribution in [3.63, 3.8) is 0 Å². The second-order valence-electron chi connectivity index (χ2n) is 6.83. The number of rotatable bonds is 4. The number of carbonyl (C=O) groups is 2. The topological polar surface area (TPSA) is 76.1 Å².